The molecule has 1 rings (SSSR count). The van der Waals surface area contributed by atoms with Crippen LogP contribution >= 0.6 is 0 Å². The number of halogens is 2. The van der Waals surface area contributed by atoms with Gasteiger partial charge in [0, 0.05) is 6.07 Å². The zero-order chi connectivity index (χ0) is 16.2. The van der Waals surface area contributed by atoms with E-state index in [1.165, 1.54) is 6.92 Å². The molecule has 2 N–H and O–H groups in total. The summed E-state index contributed by atoms with van der Waals surface area (Å²) in [7, 11) is 1.06. The van der Waals surface area contributed by atoms with Crippen molar-refractivity contribution in [1.82, 2.24) is 5.32 Å². The van der Waals surface area contributed by atoms with Gasteiger partial charge in [-0.05, 0) is 18.6 Å². The van der Waals surface area contributed by atoms with Gasteiger partial charge in [-0.25, -0.2) is 13.6 Å². The number of benzene rings is 1. The van der Waals surface area contributed by atoms with Gasteiger partial charge in [0.15, 0.2) is 0 Å². The standard InChI is InChI=1S/C13H13F2NO5/c1-6-3-7(9(15)4-8(6)14)12(18)16-10(13(19)20)5-11(17)21-2/h3-4,10H,5H2,1-2H3,(H,16,18)(H,19,20)/t10-/m0/s1. The Labute approximate surface area is 118 Å². The largest absolute Gasteiger partial charge is 0.480 e. The fourth-order valence-corrected chi connectivity index (χ4v) is 1.52. The Morgan fingerprint density at radius 3 is 2.43 bits per heavy atom. The Balaban J connectivity index is 2.95. The van der Waals surface area contributed by atoms with E-state index in [1.54, 1.807) is 0 Å². The molecule has 0 fully saturated rings. The molecular weight excluding hydrogens is 288 g/mol. The van der Waals surface area contributed by atoms with Crippen molar-refractivity contribution >= 4 is 17.8 Å². The van der Waals surface area contributed by atoms with Crippen LogP contribution in [0.3, 0.4) is 0 Å². The molecule has 6 nitrogen and oxygen atoms in total. The molecule has 0 aromatic heterocycles. The highest BCUT2D eigenvalue weighted by Crippen LogP contribution is 2.14. The SMILES string of the molecule is COC(=O)C[C@H](NC(=O)c1cc(C)c(F)cc1F)C(=O)O. The molecule has 1 atom stereocenters. The summed E-state index contributed by atoms with van der Waals surface area (Å²) < 4.78 is 30.9. The van der Waals surface area contributed by atoms with E-state index in [1.807, 2.05) is 5.32 Å². The van der Waals surface area contributed by atoms with Gasteiger partial charge >= 0.3 is 11.9 Å². The highest BCUT2D eigenvalue weighted by molar-refractivity contribution is 5.97. The van der Waals surface area contributed by atoms with E-state index in [0.29, 0.717) is 6.07 Å². The molecule has 0 saturated heterocycles. The number of aryl methyl sites for hydroxylation is 1. The van der Waals surface area contributed by atoms with Gasteiger partial charge in [0.2, 0.25) is 0 Å². The predicted molar refractivity (Wildman–Crippen MR) is 66.6 cm³/mol. The first kappa shape index (κ1) is 16.5. The van der Waals surface area contributed by atoms with Crippen LogP contribution in [-0.4, -0.2) is 36.1 Å². The van der Waals surface area contributed by atoms with Crippen molar-refractivity contribution in [2.24, 2.45) is 0 Å². The number of rotatable bonds is 5. The van der Waals surface area contributed by atoms with Crippen LogP contribution in [0.5, 0.6) is 0 Å². The van der Waals surface area contributed by atoms with Crippen LogP contribution in [-0.2, 0) is 14.3 Å². The molecular formula is C13H13F2NO5. The van der Waals surface area contributed by atoms with Gasteiger partial charge in [0.1, 0.15) is 17.7 Å². The van der Waals surface area contributed by atoms with Crippen LogP contribution in [0.4, 0.5) is 8.78 Å². The maximum Gasteiger partial charge on any atom is 0.326 e. The molecule has 0 radical (unpaired) electrons. The number of hydrogen-bond acceptors (Lipinski definition) is 4. The third-order valence-corrected chi connectivity index (χ3v) is 2.69. The molecule has 0 aliphatic rings. The number of carbonyl (C=O) groups excluding carboxylic acids is 2. The number of ether oxygens (including phenoxy) is 1. The van der Waals surface area contributed by atoms with Crippen LogP contribution < -0.4 is 5.32 Å². The lowest BCUT2D eigenvalue weighted by Gasteiger charge is -2.14. The molecule has 0 aliphatic heterocycles. The molecule has 114 valence electrons. The average molecular weight is 301 g/mol. The number of methoxy groups -OCH3 is 1. The third kappa shape index (κ3) is 4.23. The van der Waals surface area contributed by atoms with Crippen molar-refractivity contribution in [3.05, 3.63) is 34.9 Å². The number of aliphatic carboxylic acids is 1. The number of esters is 1. The van der Waals surface area contributed by atoms with E-state index >= 15 is 0 Å². The van der Waals surface area contributed by atoms with Crippen LogP contribution in [0.25, 0.3) is 0 Å². The normalized spacial score (nSPS) is 11.6. The predicted octanol–water partition coefficient (Wildman–Crippen LogP) is 1.02. The molecule has 21 heavy (non-hydrogen) atoms. The second kappa shape index (κ2) is 6.78. The molecule has 0 aliphatic carbocycles. The Morgan fingerprint density at radius 2 is 1.90 bits per heavy atom. The van der Waals surface area contributed by atoms with E-state index < -0.39 is 47.5 Å². The monoisotopic (exact) mass is 301 g/mol. The van der Waals surface area contributed by atoms with Crippen molar-refractivity contribution in [1.29, 1.82) is 0 Å². The number of carboxylic acid groups (broad SMARTS) is 1. The first-order valence-corrected chi connectivity index (χ1v) is 5.82. The number of carbonyl (C=O) groups is 3. The van der Waals surface area contributed by atoms with Crippen molar-refractivity contribution in [2.75, 3.05) is 7.11 Å². The van der Waals surface area contributed by atoms with E-state index in [4.69, 9.17) is 5.11 Å². The molecule has 0 spiro atoms. The van der Waals surface area contributed by atoms with Crippen LogP contribution in [0.1, 0.15) is 22.3 Å². The Kier molecular flexibility index (Phi) is 5.34. The minimum absolute atomic E-state index is 0.0291. The Bertz CT molecular complexity index is 588. The maximum atomic E-state index is 13.5. The first-order chi connectivity index (χ1) is 9.76. The summed E-state index contributed by atoms with van der Waals surface area (Å²) in [4.78, 5) is 33.8. The summed E-state index contributed by atoms with van der Waals surface area (Å²) >= 11 is 0. The topological polar surface area (TPSA) is 92.7 Å². The lowest BCUT2D eigenvalue weighted by Crippen LogP contribution is -2.42. The molecule has 0 saturated carbocycles. The summed E-state index contributed by atoms with van der Waals surface area (Å²) in [6.07, 6.45) is -0.612. The van der Waals surface area contributed by atoms with Gasteiger partial charge in [0.05, 0.1) is 19.1 Å². The van der Waals surface area contributed by atoms with Crippen LogP contribution in [0.2, 0.25) is 0 Å². The fraction of sp³-hybridized carbons (Fsp3) is 0.308. The third-order valence-electron chi connectivity index (χ3n) is 2.69. The Hall–Kier alpha value is -2.51. The summed E-state index contributed by atoms with van der Waals surface area (Å²) in [6, 6.07) is -0.0908. The average Bonchev–Trinajstić information content (AvgIpc) is 2.41. The van der Waals surface area contributed by atoms with Crippen molar-refractivity contribution in [2.45, 2.75) is 19.4 Å². The van der Waals surface area contributed by atoms with Crippen molar-refractivity contribution in [3.8, 4) is 0 Å². The van der Waals surface area contributed by atoms with Gasteiger partial charge in [0.25, 0.3) is 5.91 Å². The zero-order valence-electron chi connectivity index (χ0n) is 11.3. The van der Waals surface area contributed by atoms with Gasteiger partial charge in [-0.2, -0.15) is 0 Å². The summed E-state index contributed by atoms with van der Waals surface area (Å²) in [5, 5.41) is 10.9. The van der Waals surface area contributed by atoms with Gasteiger partial charge in [-0.3, -0.25) is 9.59 Å². The molecule has 8 heteroatoms. The molecule has 0 heterocycles. The van der Waals surface area contributed by atoms with Gasteiger partial charge < -0.3 is 15.2 Å². The van der Waals surface area contributed by atoms with E-state index in [2.05, 4.69) is 4.74 Å². The number of amides is 1. The minimum atomic E-state index is -1.57. The lowest BCUT2D eigenvalue weighted by molar-refractivity contribution is -0.147. The maximum absolute atomic E-state index is 13.5. The van der Waals surface area contributed by atoms with Gasteiger partial charge in [-0.15, -0.1) is 0 Å². The van der Waals surface area contributed by atoms with E-state index in [0.717, 1.165) is 13.2 Å². The highest BCUT2D eigenvalue weighted by Gasteiger charge is 2.25. The first-order valence-electron chi connectivity index (χ1n) is 5.82. The van der Waals surface area contributed by atoms with Crippen LogP contribution in [0, 0.1) is 18.6 Å². The molecule has 1 aromatic carbocycles. The van der Waals surface area contributed by atoms with Crippen LogP contribution in [0.15, 0.2) is 12.1 Å². The number of hydrogen-bond donors (Lipinski definition) is 2. The smallest absolute Gasteiger partial charge is 0.326 e. The highest BCUT2D eigenvalue weighted by atomic mass is 19.1. The summed E-state index contributed by atoms with van der Waals surface area (Å²) in [5.74, 6) is -5.34. The summed E-state index contributed by atoms with van der Waals surface area (Å²) in [6.45, 7) is 1.33. The number of carboxylic acids is 1. The second-order valence-corrected chi connectivity index (χ2v) is 4.23. The zero-order valence-corrected chi connectivity index (χ0v) is 11.3. The van der Waals surface area contributed by atoms with Gasteiger partial charge in [-0.1, -0.05) is 0 Å². The van der Waals surface area contributed by atoms with E-state index in [9.17, 15) is 23.2 Å². The second-order valence-electron chi connectivity index (χ2n) is 4.23. The minimum Gasteiger partial charge on any atom is -0.480 e. The lowest BCUT2D eigenvalue weighted by atomic mass is 10.1. The Morgan fingerprint density at radius 1 is 1.29 bits per heavy atom. The molecule has 1 amide bonds. The molecule has 1 aromatic rings. The van der Waals surface area contributed by atoms with Crippen molar-refractivity contribution < 1.29 is 33.0 Å². The summed E-state index contributed by atoms with van der Waals surface area (Å²) in [5.41, 5.74) is -0.480. The quantitative estimate of drug-likeness (QED) is 0.792. The number of nitrogens with one attached hydrogen (secondary N) is 1. The van der Waals surface area contributed by atoms with E-state index in [-0.39, 0.29) is 5.56 Å². The molecule has 0 bridgehead atoms. The molecule has 0 unspecified atom stereocenters. The fourth-order valence-electron chi connectivity index (χ4n) is 1.52. The van der Waals surface area contributed by atoms with Crippen molar-refractivity contribution in [3.63, 3.8) is 0 Å².